The SMILES string of the molecule is CCC1CCCC(C(N)c2cncc(C)c2)C1. The van der Waals surface area contributed by atoms with Crippen molar-refractivity contribution in [3.8, 4) is 0 Å². The lowest BCUT2D eigenvalue weighted by Crippen LogP contribution is -2.27. The van der Waals surface area contributed by atoms with Crippen molar-refractivity contribution < 1.29 is 0 Å². The summed E-state index contributed by atoms with van der Waals surface area (Å²) in [5, 5.41) is 0. The van der Waals surface area contributed by atoms with E-state index >= 15 is 0 Å². The van der Waals surface area contributed by atoms with Crippen LogP contribution >= 0.6 is 0 Å². The molecule has 0 saturated heterocycles. The lowest BCUT2D eigenvalue weighted by Gasteiger charge is -2.32. The van der Waals surface area contributed by atoms with Crippen molar-refractivity contribution in [2.24, 2.45) is 17.6 Å². The van der Waals surface area contributed by atoms with Crippen LogP contribution in [0.5, 0.6) is 0 Å². The fourth-order valence-electron chi connectivity index (χ4n) is 3.06. The van der Waals surface area contributed by atoms with Crippen LogP contribution < -0.4 is 5.73 Å². The smallest absolute Gasteiger partial charge is 0.0339 e. The molecule has 3 atom stereocenters. The molecule has 1 fully saturated rings. The zero-order valence-corrected chi connectivity index (χ0v) is 11.0. The van der Waals surface area contributed by atoms with Gasteiger partial charge in [-0.2, -0.15) is 0 Å². The summed E-state index contributed by atoms with van der Waals surface area (Å²) in [6, 6.07) is 2.37. The van der Waals surface area contributed by atoms with Gasteiger partial charge in [-0.15, -0.1) is 0 Å². The third kappa shape index (κ3) is 3.06. The molecule has 2 nitrogen and oxygen atoms in total. The van der Waals surface area contributed by atoms with E-state index in [0.29, 0.717) is 5.92 Å². The molecule has 0 aromatic carbocycles. The first-order valence-corrected chi connectivity index (χ1v) is 6.87. The minimum absolute atomic E-state index is 0.178. The van der Waals surface area contributed by atoms with E-state index in [1.54, 1.807) is 0 Å². The highest BCUT2D eigenvalue weighted by molar-refractivity contribution is 5.20. The molecular formula is C15H24N2. The van der Waals surface area contributed by atoms with Crippen LogP contribution in [0.2, 0.25) is 0 Å². The predicted octanol–water partition coefficient (Wildman–Crippen LogP) is 3.61. The van der Waals surface area contributed by atoms with E-state index in [1.165, 1.54) is 43.2 Å². The highest BCUT2D eigenvalue weighted by Gasteiger charge is 2.26. The first-order valence-electron chi connectivity index (χ1n) is 6.87. The van der Waals surface area contributed by atoms with Crippen LogP contribution in [0.15, 0.2) is 18.5 Å². The van der Waals surface area contributed by atoms with E-state index in [-0.39, 0.29) is 6.04 Å². The first-order chi connectivity index (χ1) is 8.20. The van der Waals surface area contributed by atoms with Crippen LogP contribution in [-0.4, -0.2) is 4.98 Å². The third-order valence-corrected chi connectivity index (χ3v) is 4.19. The van der Waals surface area contributed by atoms with E-state index in [0.717, 1.165) is 5.92 Å². The number of aryl methyl sites for hydroxylation is 1. The Kier molecular flexibility index (Phi) is 4.16. The topological polar surface area (TPSA) is 38.9 Å². The van der Waals surface area contributed by atoms with Gasteiger partial charge in [-0.25, -0.2) is 0 Å². The second-order valence-corrected chi connectivity index (χ2v) is 5.52. The summed E-state index contributed by atoms with van der Waals surface area (Å²) in [6.45, 7) is 4.38. The number of nitrogens with zero attached hydrogens (tertiary/aromatic N) is 1. The van der Waals surface area contributed by atoms with Gasteiger partial charge >= 0.3 is 0 Å². The van der Waals surface area contributed by atoms with Crippen molar-refractivity contribution in [1.82, 2.24) is 4.98 Å². The van der Waals surface area contributed by atoms with E-state index in [4.69, 9.17) is 5.73 Å². The molecule has 1 aromatic rings. The van der Waals surface area contributed by atoms with Crippen molar-refractivity contribution >= 4 is 0 Å². The monoisotopic (exact) mass is 232 g/mol. The number of hydrogen-bond donors (Lipinski definition) is 1. The molecule has 0 aliphatic heterocycles. The molecule has 2 heteroatoms. The lowest BCUT2D eigenvalue weighted by atomic mass is 9.75. The summed E-state index contributed by atoms with van der Waals surface area (Å²) >= 11 is 0. The molecule has 3 unspecified atom stereocenters. The van der Waals surface area contributed by atoms with Crippen LogP contribution in [0, 0.1) is 18.8 Å². The van der Waals surface area contributed by atoms with Crippen LogP contribution in [0.4, 0.5) is 0 Å². The molecule has 2 N–H and O–H groups in total. The molecule has 1 aromatic heterocycles. The minimum atomic E-state index is 0.178. The largest absolute Gasteiger partial charge is 0.324 e. The molecule has 0 radical (unpaired) electrons. The molecule has 0 bridgehead atoms. The predicted molar refractivity (Wildman–Crippen MR) is 71.6 cm³/mol. The Bertz CT molecular complexity index is 362. The number of hydrogen-bond acceptors (Lipinski definition) is 2. The molecular weight excluding hydrogens is 208 g/mol. The molecule has 1 heterocycles. The normalized spacial score (nSPS) is 26.8. The van der Waals surface area contributed by atoms with Crippen molar-refractivity contribution in [2.75, 3.05) is 0 Å². The minimum Gasteiger partial charge on any atom is -0.324 e. The zero-order valence-electron chi connectivity index (χ0n) is 11.0. The van der Waals surface area contributed by atoms with Crippen LogP contribution in [-0.2, 0) is 0 Å². The molecule has 2 rings (SSSR count). The maximum atomic E-state index is 6.42. The van der Waals surface area contributed by atoms with Crippen molar-refractivity contribution in [3.63, 3.8) is 0 Å². The fourth-order valence-corrected chi connectivity index (χ4v) is 3.06. The Morgan fingerprint density at radius 3 is 2.94 bits per heavy atom. The second kappa shape index (κ2) is 5.63. The molecule has 0 spiro atoms. The van der Waals surface area contributed by atoms with Gasteiger partial charge < -0.3 is 5.73 Å². The zero-order chi connectivity index (χ0) is 12.3. The molecule has 0 amide bonds. The highest BCUT2D eigenvalue weighted by Crippen LogP contribution is 2.37. The van der Waals surface area contributed by atoms with E-state index in [2.05, 4.69) is 24.9 Å². The van der Waals surface area contributed by atoms with Crippen LogP contribution in [0.1, 0.15) is 56.2 Å². The van der Waals surface area contributed by atoms with Crippen molar-refractivity contribution in [2.45, 2.75) is 52.0 Å². The summed E-state index contributed by atoms with van der Waals surface area (Å²) in [4.78, 5) is 4.26. The second-order valence-electron chi connectivity index (χ2n) is 5.52. The van der Waals surface area contributed by atoms with E-state index in [1.807, 2.05) is 12.4 Å². The van der Waals surface area contributed by atoms with Gasteiger partial charge in [0, 0.05) is 18.4 Å². The molecule has 1 saturated carbocycles. The maximum Gasteiger partial charge on any atom is 0.0339 e. The van der Waals surface area contributed by atoms with Gasteiger partial charge in [0.15, 0.2) is 0 Å². The van der Waals surface area contributed by atoms with E-state index < -0.39 is 0 Å². The van der Waals surface area contributed by atoms with Gasteiger partial charge in [0.1, 0.15) is 0 Å². The molecule has 1 aliphatic rings. The average Bonchev–Trinajstić information content (AvgIpc) is 2.38. The van der Waals surface area contributed by atoms with Crippen LogP contribution in [0.25, 0.3) is 0 Å². The van der Waals surface area contributed by atoms with Crippen molar-refractivity contribution in [1.29, 1.82) is 0 Å². The number of nitrogens with two attached hydrogens (primary N) is 1. The number of pyridine rings is 1. The standard InChI is InChI=1S/C15H24N2/c1-3-12-5-4-6-13(8-12)15(16)14-7-11(2)9-17-10-14/h7,9-10,12-13,15H,3-6,8,16H2,1-2H3. The summed E-state index contributed by atoms with van der Waals surface area (Å²) in [5.41, 5.74) is 8.84. The average molecular weight is 232 g/mol. The molecule has 94 valence electrons. The summed E-state index contributed by atoms with van der Waals surface area (Å²) in [5.74, 6) is 1.54. The van der Waals surface area contributed by atoms with Gasteiger partial charge in [0.2, 0.25) is 0 Å². The van der Waals surface area contributed by atoms with Gasteiger partial charge in [-0.3, -0.25) is 4.98 Å². The highest BCUT2D eigenvalue weighted by atomic mass is 14.7. The van der Waals surface area contributed by atoms with Gasteiger partial charge in [0.05, 0.1) is 0 Å². The number of rotatable bonds is 3. The maximum absolute atomic E-state index is 6.42. The van der Waals surface area contributed by atoms with Crippen LogP contribution in [0.3, 0.4) is 0 Å². The first kappa shape index (κ1) is 12.6. The van der Waals surface area contributed by atoms with Crippen molar-refractivity contribution in [3.05, 3.63) is 29.6 Å². The Balaban J connectivity index is 2.06. The van der Waals surface area contributed by atoms with E-state index in [9.17, 15) is 0 Å². The summed E-state index contributed by atoms with van der Waals surface area (Å²) < 4.78 is 0. The quantitative estimate of drug-likeness (QED) is 0.864. The summed E-state index contributed by atoms with van der Waals surface area (Å²) in [6.07, 6.45) is 10.5. The van der Waals surface area contributed by atoms with Gasteiger partial charge in [-0.05, 0) is 42.7 Å². The number of aromatic nitrogens is 1. The third-order valence-electron chi connectivity index (χ3n) is 4.19. The Labute approximate surface area is 105 Å². The van der Waals surface area contributed by atoms with Gasteiger partial charge in [-0.1, -0.05) is 32.3 Å². The Hall–Kier alpha value is -0.890. The summed E-state index contributed by atoms with van der Waals surface area (Å²) in [7, 11) is 0. The fraction of sp³-hybridized carbons (Fsp3) is 0.667. The lowest BCUT2D eigenvalue weighted by molar-refractivity contribution is 0.230. The molecule has 17 heavy (non-hydrogen) atoms. The Morgan fingerprint density at radius 2 is 2.24 bits per heavy atom. The van der Waals surface area contributed by atoms with Gasteiger partial charge in [0.25, 0.3) is 0 Å². The Morgan fingerprint density at radius 1 is 1.41 bits per heavy atom. The molecule has 1 aliphatic carbocycles.